The predicted octanol–water partition coefficient (Wildman–Crippen LogP) is 9.51. The third-order valence-corrected chi connectivity index (χ3v) is 7.73. The van der Waals surface area contributed by atoms with E-state index in [9.17, 15) is 0 Å². The third-order valence-electron chi connectivity index (χ3n) is 6.97. The summed E-state index contributed by atoms with van der Waals surface area (Å²) in [5.41, 5.74) is 1.60. The van der Waals surface area contributed by atoms with Crippen molar-refractivity contribution in [2.24, 2.45) is 0 Å². The minimum atomic E-state index is 0.213. The lowest BCUT2D eigenvalue weighted by molar-refractivity contribution is 0.0800. The Morgan fingerprint density at radius 3 is 1.83 bits per heavy atom. The van der Waals surface area contributed by atoms with Gasteiger partial charge in [0.15, 0.2) is 0 Å². The molecule has 0 spiro atoms. The van der Waals surface area contributed by atoms with Crippen molar-refractivity contribution in [1.82, 2.24) is 0 Å². The molecule has 202 valence electrons. The zero-order valence-corrected chi connectivity index (χ0v) is 25.0. The molecule has 0 radical (unpaired) electrons. The van der Waals surface area contributed by atoms with Crippen molar-refractivity contribution < 1.29 is 9.47 Å². The number of allylic oxidation sites excluding steroid dienone is 4. The summed E-state index contributed by atoms with van der Waals surface area (Å²) in [6.07, 6.45) is 32.1. The van der Waals surface area contributed by atoms with Crippen molar-refractivity contribution in [3.8, 4) is 23.7 Å². The van der Waals surface area contributed by atoms with Gasteiger partial charge in [0.05, 0.1) is 0 Å². The standard InChI is InChI=1S/C19H28O.C14H23IO/c1-2-7-15-19(16-8-3-1)20-17-11-5-4-6-12-18-13-9-10-14-18;15-12-8-4-5-9-13-16-14-10-6-2-1-3-7-11-14/h9-10,13,19H,1-7,11-12,14-15,17H2;14H,1-6,8-10,12-13H2. The molecule has 0 aromatic heterocycles. The van der Waals surface area contributed by atoms with E-state index in [2.05, 4.69) is 64.5 Å². The van der Waals surface area contributed by atoms with Gasteiger partial charge in [-0.15, -0.1) is 11.8 Å². The molecule has 3 heteroatoms. The average molecular weight is 607 g/mol. The van der Waals surface area contributed by atoms with Crippen LogP contribution in [0.3, 0.4) is 0 Å². The van der Waals surface area contributed by atoms with Crippen LogP contribution in [0.15, 0.2) is 23.8 Å². The Morgan fingerprint density at radius 1 is 0.694 bits per heavy atom. The van der Waals surface area contributed by atoms with Gasteiger partial charge >= 0.3 is 0 Å². The van der Waals surface area contributed by atoms with Gasteiger partial charge in [0.2, 0.25) is 0 Å². The van der Waals surface area contributed by atoms with E-state index in [4.69, 9.17) is 9.47 Å². The zero-order chi connectivity index (χ0) is 25.4. The van der Waals surface area contributed by atoms with E-state index < -0.39 is 0 Å². The minimum Gasteiger partial charge on any atom is -0.366 e. The number of hydrogen-bond donors (Lipinski definition) is 0. The summed E-state index contributed by atoms with van der Waals surface area (Å²) >= 11 is 2.44. The quantitative estimate of drug-likeness (QED) is 0.0800. The number of ether oxygens (including phenoxy) is 2. The van der Waals surface area contributed by atoms with Crippen LogP contribution in [0.2, 0.25) is 0 Å². The molecule has 2 nitrogen and oxygen atoms in total. The molecule has 0 N–H and O–H groups in total. The highest BCUT2D eigenvalue weighted by atomic mass is 127. The number of unbranched alkanes of at least 4 members (excludes halogenated alkanes) is 6. The summed E-state index contributed by atoms with van der Waals surface area (Å²) in [5, 5.41) is 0. The highest BCUT2D eigenvalue weighted by Gasteiger charge is 2.08. The van der Waals surface area contributed by atoms with Crippen molar-refractivity contribution in [2.75, 3.05) is 17.6 Å². The topological polar surface area (TPSA) is 18.5 Å². The molecular weight excluding hydrogens is 555 g/mol. The van der Waals surface area contributed by atoms with E-state index in [0.29, 0.717) is 0 Å². The molecule has 0 saturated carbocycles. The van der Waals surface area contributed by atoms with Crippen LogP contribution in [0.1, 0.15) is 128 Å². The zero-order valence-electron chi connectivity index (χ0n) is 22.8. The average Bonchev–Trinajstić information content (AvgIpc) is 3.37. The van der Waals surface area contributed by atoms with Gasteiger partial charge in [0.1, 0.15) is 12.2 Å². The fraction of sp³-hybridized carbons (Fsp3) is 0.758. The SMILES string of the molecule is C1#CC(OCCCCCCC2=CC=CC2)CCCCC1.ICCCCCCOC1C#CCCCCC1. The van der Waals surface area contributed by atoms with Gasteiger partial charge < -0.3 is 9.47 Å². The van der Waals surface area contributed by atoms with Crippen LogP contribution in [0.4, 0.5) is 0 Å². The van der Waals surface area contributed by atoms with Crippen LogP contribution in [-0.4, -0.2) is 29.8 Å². The summed E-state index contributed by atoms with van der Waals surface area (Å²) in [6, 6.07) is 0. The monoisotopic (exact) mass is 606 g/mol. The van der Waals surface area contributed by atoms with Gasteiger partial charge in [-0.2, -0.15) is 0 Å². The van der Waals surface area contributed by atoms with Crippen LogP contribution < -0.4 is 0 Å². The Morgan fingerprint density at radius 2 is 1.28 bits per heavy atom. The summed E-state index contributed by atoms with van der Waals surface area (Å²) in [7, 11) is 0. The van der Waals surface area contributed by atoms with E-state index >= 15 is 0 Å². The number of alkyl halides is 1. The molecule has 0 aromatic rings. The largest absolute Gasteiger partial charge is 0.366 e. The van der Waals surface area contributed by atoms with Crippen molar-refractivity contribution in [3.05, 3.63) is 23.8 Å². The second-order valence-electron chi connectivity index (χ2n) is 10.3. The molecule has 36 heavy (non-hydrogen) atoms. The van der Waals surface area contributed by atoms with Gasteiger partial charge in [-0.3, -0.25) is 0 Å². The molecule has 3 aliphatic carbocycles. The molecule has 0 amide bonds. The Kier molecular flexibility index (Phi) is 20.4. The highest BCUT2D eigenvalue weighted by molar-refractivity contribution is 14.1. The third kappa shape index (κ3) is 17.7. The number of halogens is 1. The lowest BCUT2D eigenvalue weighted by Crippen LogP contribution is -2.12. The first-order valence-electron chi connectivity index (χ1n) is 15.0. The summed E-state index contributed by atoms with van der Waals surface area (Å²) in [5.74, 6) is 13.0. The summed E-state index contributed by atoms with van der Waals surface area (Å²) in [6.45, 7) is 1.80. The highest BCUT2D eigenvalue weighted by Crippen LogP contribution is 2.18. The first-order valence-corrected chi connectivity index (χ1v) is 16.5. The Balaban J connectivity index is 0.000000261. The van der Waals surface area contributed by atoms with E-state index in [-0.39, 0.29) is 12.2 Å². The molecule has 0 aromatic carbocycles. The first-order chi connectivity index (χ1) is 17.9. The Hall–Kier alpha value is -0.750. The van der Waals surface area contributed by atoms with Gasteiger partial charge in [-0.1, -0.05) is 96.8 Å². The van der Waals surface area contributed by atoms with E-state index in [1.807, 2.05) is 0 Å². The van der Waals surface area contributed by atoms with Crippen molar-refractivity contribution in [1.29, 1.82) is 0 Å². The second kappa shape index (κ2) is 23.4. The fourth-order valence-corrected chi connectivity index (χ4v) is 5.23. The van der Waals surface area contributed by atoms with Crippen molar-refractivity contribution in [3.63, 3.8) is 0 Å². The molecule has 0 aliphatic heterocycles. The normalized spacial score (nSPS) is 21.3. The maximum Gasteiger partial charge on any atom is 0.118 e. The fourth-order valence-electron chi connectivity index (χ4n) is 4.69. The Labute approximate surface area is 237 Å². The lowest BCUT2D eigenvalue weighted by atomic mass is 10.1. The molecule has 2 unspecified atom stereocenters. The Bertz CT molecular complexity index is 717. The predicted molar refractivity (Wildman–Crippen MR) is 163 cm³/mol. The van der Waals surface area contributed by atoms with Gasteiger partial charge in [-0.05, 0) is 81.5 Å². The molecule has 3 aliphatic rings. The molecule has 3 rings (SSSR count). The summed E-state index contributed by atoms with van der Waals surface area (Å²) < 4.78 is 13.0. The van der Waals surface area contributed by atoms with Gasteiger partial charge in [-0.25, -0.2) is 0 Å². The molecular formula is C33H51IO2. The van der Waals surface area contributed by atoms with Crippen LogP contribution in [0.5, 0.6) is 0 Å². The van der Waals surface area contributed by atoms with E-state index in [0.717, 1.165) is 38.9 Å². The minimum absolute atomic E-state index is 0.213. The molecule has 0 bridgehead atoms. The van der Waals surface area contributed by atoms with Gasteiger partial charge in [0, 0.05) is 26.1 Å². The molecule has 0 heterocycles. The molecule has 2 atom stereocenters. The smallest absolute Gasteiger partial charge is 0.118 e. The maximum absolute atomic E-state index is 5.90. The van der Waals surface area contributed by atoms with E-state index in [1.54, 1.807) is 5.57 Å². The number of hydrogen-bond acceptors (Lipinski definition) is 2. The van der Waals surface area contributed by atoms with Crippen LogP contribution >= 0.6 is 22.6 Å². The van der Waals surface area contributed by atoms with E-state index in [1.165, 1.54) is 107 Å². The lowest BCUT2D eigenvalue weighted by Gasteiger charge is -2.13. The molecule has 0 fully saturated rings. The van der Waals surface area contributed by atoms with Crippen LogP contribution in [0.25, 0.3) is 0 Å². The van der Waals surface area contributed by atoms with Crippen LogP contribution in [-0.2, 0) is 9.47 Å². The first kappa shape index (κ1) is 31.5. The van der Waals surface area contributed by atoms with Crippen molar-refractivity contribution >= 4 is 22.6 Å². The second-order valence-corrected chi connectivity index (χ2v) is 11.4. The van der Waals surface area contributed by atoms with Gasteiger partial charge in [0.25, 0.3) is 0 Å². The summed E-state index contributed by atoms with van der Waals surface area (Å²) in [4.78, 5) is 0. The van der Waals surface area contributed by atoms with Crippen molar-refractivity contribution in [2.45, 2.75) is 141 Å². The maximum atomic E-state index is 5.90. The van der Waals surface area contributed by atoms with Crippen LogP contribution in [0, 0.1) is 23.7 Å². The number of rotatable bonds is 15. The molecule has 0 saturated heterocycles.